The molecule has 2 aromatic rings. The molecule has 44 heavy (non-hydrogen) atoms. The van der Waals surface area contributed by atoms with E-state index in [1.807, 2.05) is 48.5 Å². The van der Waals surface area contributed by atoms with Gasteiger partial charge in [-0.3, -0.25) is 9.59 Å². The molecule has 3 aliphatic heterocycles. The number of hydrogen-bond acceptors (Lipinski definition) is 8. The predicted molar refractivity (Wildman–Crippen MR) is 166 cm³/mol. The highest BCUT2D eigenvalue weighted by molar-refractivity contribution is 5.90. The summed E-state index contributed by atoms with van der Waals surface area (Å²) in [5.74, 6) is -0.377. The lowest BCUT2D eigenvalue weighted by molar-refractivity contribution is -0.278. The number of carbonyl (C=O) groups is 2. The van der Waals surface area contributed by atoms with Crippen molar-refractivity contribution in [2.24, 2.45) is 5.92 Å². The number of amides is 2. The fraction of sp³-hybridized carbons (Fsp3) is 0.588. The highest BCUT2D eigenvalue weighted by Crippen LogP contribution is 2.42. The van der Waals surface area contributed by atoms with E-state index in [9.17, 15) is 14.7 Å². The molecule has 3 N–H and O–H groups in total. The van der Waals surface area contributed by atoms with Crippen LogP contribution in [-0.2, 0) is 35.1 Å². The third kappa shape index (κ3) is 8.65. The second-order valence-electron chi connectivity index (χ2n) is 12.2. The van der Waals surface area contributed by atoms with Gasteiger partial charge in [0.05, 0.1) is 32.0 Å². The van der Waals surface area contributed by atoms with Gasteiger partial charge >= 0.3 is 0 Å². The molecule has 5 rings (SSSR count). The van der Waals surface area contributed by atoms with Gasteiger partial charge in [0.15, 0.2) is 12.1 Å². The Morgan fingerprint density at radius 2 is 1.61 bits per heavy atom. The van der Waals surface area contributed by atoms with Crippen molar-refractivity contribution in [1.29, 1.82) is 0 Å². The summed E-state index contributed by atoms with van der Waals surface area (Å²) in [4.78, 5) is 25.9. The number of hydrogen-bond donors (Lipinski definition) is 3. The van der Waals surface area contributed by atoms with Gasteiger partial charge in [-0.2, -0.15) is 0 Å². The maximum Gasteiger partial charge on any atom is 0.224 e. The summed E-state index contributed by atoms with van der Waals surface area (Å²) in [5, 5.41) is 15.3. The number of aliphatic hydroxyl groups excluding tert-OH is 1. The molecule has 0 radical (unpaired) electrons. The fourth-order valence-electron chi connectivity index (χ4n) is 6.24. The first-order valence-corrected chi connectivity index (χ1v) is 16.0. The van der Waals surface area contributed by atoms with Crippen molar-refractivity contribution in [1.82, 2.24) is 10.2 Å². The van der Waals surface area contributed by atoms with Crippen LogP contribution in [0.1, 0.15) is 81.5 Å². The Bertz CT molecular complexity index is 1210. The van der Waals surface area contributed by atoms with Gasteiger partial charge in [0.2, 0.25) is 11.8 Å². The molecule has 3 fully saturated rings. The molecule has 240 valence electrons. The minimum absolute atomic E-state index is 0.00108. The lowest BCUT2D eigenvalue weighted by Crippen LogP contribution is -2.50. The maximum atomic E-state index is 12.5. The number of aliphatic hydroxyl groups is 1. The molecule has 2 amide bonds. The fourth-order valence-corrected chi connectivity index (χ4v) is 6.24. The Hall–Kier alpha value is -2.86. The van der Waals surface area contributed by atoms with Gasteiger partial charge in [0, 0.05) is 69.5 Å². The molecule has 1 spiro atoms. The van der Waals surface area contributed by atoms with Crippen molar-refractivity contribution in [3.8, 4) is 0 Å². The van der Waals surface area contributed by atoms with Crippen LogP contribution in [0.4, 0.5) is 5.69 Å². The number of nitrogens with zero attached hydrogens (tertiary/aromatic N) is 1. The molecule has 10 nitrogen and oxygen atoms in total. The number of anilines is 1. The van der Waals surface area contributed by atoms with Crippen LogP contribution in [0.5, 0.6) is 0 Å². The van der Waals surface area contributed by atoms with Gasteiger partial charge in [-0.1, -0.05) is 49.7 Å². The van der Waals surface area contributed by atoms with Crippen LogP contribution in [-0.4, -0.2) is 73.1 Å². The zero-order valence-electron chi connectivity index (χ0n) is 26.0. The Morgan fingerprint density at radius 3 is 2.27 bits per heavy atom. The van der Waals surface area contributed by atoms with Crippen molar-refractivity contribution in [3.63, 3.8) is 0 Å². The molecular weight excluding hydrogens is 562 g/mol. The minimum atomic E-state index is -0.565. The van der Waals surface area contributed by atoms with Gasteiger partial charge in [0.25, 0.3) is 0 Å². The van der Waals surface area contributed by atoms with E-state index in [-0.39, 0.29) is 36.5 Å². The number of nitrogens with one attached hydrogen (secondary N) is 2. The molecule has 3 aliphatic rings. The Kier molecular flexibility index (Phi) is 11.4. The second kappa shape index (κ2) is 15.4. The summed E-state index contributed by atoms with van der Waals surface area (Å²) in [6.45, 7) is 8.22. The molecule has 0 bridgehead atoms. The lowest BCUT2D eigenvalue weighted by atomic mass is 9.89. The lowest BCUT2D eigenvalue weighted by Gasteiger charge is -2.44. The molecule has 0 unspecified atom stereocenters. The summed E-state index contributed by atoms with van der Waals surface area (Å²) in [5.41, 5.74) is 3.54. The molecule has 0 aromatic heterocycles. The second-order valence-corrected chi connectivity index (χ2v) is 12.2. The zero-order valence-corrected chi connectivity index (χ0v) is 26.0. The number of rotatable bonds is 12. The number of carbonyl (C=O) groups excluding carboxylic acids is 2. The molecular formula is C34H47N3O7. The largest absolute Gasteiger partial charge is 0.392 e. The average Bonchev–Trinajstić information content (AvgIpc) is 3.49. The van der Waals surface area contributed by atoms with E-state index in [0.29, 0.717) is 26.2 Å². The molecule has 0 saturated carbocycles. The van der Waals surface area contributed by atoms with E-state index < -0.39 is 12.1 Å². The van der Waals surface area contributed by atoms with Gasteiger partial charge in [-0.15, -0.1) is 0 Å². The van der Waals surface area contributed by atoms with Crippen LogP contribution in [0.25, 0.3) is 0 Å². The van der Waals surface area contributed by atoms with Crippen LogP contribution in [0, 0.1) is 5.92 Å². The number of piperidine rings is 1. The van der Waals surface area contributed by atoms with Gasteiger partial charge < -0.3 is 39.6 Å². The minimum Gasteiger partial charge on any atom is -0.392 e. The van der Waals surface area contributed by atoms with Crippen LogP contribution in [0.15, 0.2) is 48.5 Å². The molecule has 2 aromatic carbocycles. The van der Waals surface area contributed by atoms with Crippen molar-refractivity contribution in [3.05, 3.63) is 65.2 Å². The predicted octanol–water partition coefficient (Wildman–Crippen LogP) is 4.44. The summed E-state index contributed by atoms with van der Waals surface area (Å²) in [7, 11) is 0. The Balaban J connectivity index is 1.21. The summed E-state index contributed by atoms with van der Waals surface area (Å²) >= 11 is 0. The van der Waals surface area contributed by atoms with Gasteiger partial charge in [0.1, 0.15) is 0 Å². The maximum absolute atomic E-state index is 12.5. The molecule has 4 atom stereocenters. The van der Waals surface area contributed by atoms with E-state index in [0.717, 1.165) is 74.1 Å². The third-order valence-corrected chi connectivity index (χ3v) is 8.91. The first kappa shape index (κ1) is 32.5. The number of unbranched alkanes of at least 4 members (excludes halogenated alkanes) is 2. The van der Waals surface area contributed by atoms with Crippen LogP contribution in [0.2, 0.25) is 0 Å². The van der Waals surface area contributed by atoms with Crippen LogP contribution >= 0.6 is 0 Å². The Labute approximate surface area is 260 Å². The third-order valence-electron chi connectivity index (χ3n) is 8.91. The SMILES string of the molecule is CC(=O)NCCCCCC(=O)Nc1ccc([C@H]2O[C@@H](CN3CCC4(CC3)OCCO4)[C@@H](C)[C@@H](c3ccc(CO)cc3)O2)cc1. The highest BCUT2D eigenvalue weighted by Gasteiger charge is 2.43. The topological polar surface area (TPSA) is 119 Å². The summed E-state index contributed by atoms with van der Waals surface area (Å²) < 4.78 is 25.1. The van der Waals surface area contributed by atoms with E-state index in [1.54, 1.807) is 0 Å². The quantitative estimate of drug-likeness (QED) is 0.302. The normalized spacial score (nSPS) is 25.2. The van der Waals surface area contributed by atoms with Crippen molar-refractivity contribution >= 4 is 17.5 Å². The zero-order chi connectivity index (χ0) is 30.9. The van der Waals surface area contributed by atoms with Crippen LogP contribution in [0.3, 0.4) is 0 Å². The van der Waals surface area contributed by atoms with E-state index >= 15 is 0 Å². The standard InChI is InChI=1S/C34H47N3O7/c1-24-30(22-37-18-15-34(16-19-37)41-20-21-42-34)43-33(44-32(24)27-9-7-26(23-38)8-10-27)28-11-13-29(14-12-28)36-31(40)6-4-3-5-17-35-25(2)39/h7-14,24,30,32-33,38H,3-6,15-23H2,1-2H3,(H,35,39)(H,36,40)/t24-,30+,32+,33+/m1/s1. The number of benzene rings is 2. The first-order valence-electron chi connectivity index (χ1n) is 16.0. The number of ether oxygens (including phenoxy) is 4. The van der Waals surface area contributed by atoms with E-state index in [4.69, 9.17) is 18.9 Å². The van der Waals surface area contributed by atoms with Gasteiger partial charge in [-0.05, 0) is 36.1 Å². The smallest absolute Gasteiger partial charge is 0.224 e. The molecule has 10 heteroatoms. The van der Waals surface area contributed by atoms with E-state index in [2.05, 4.69) is 22.5 Å². The van der Waals surface area contributed by atoms with Crippen LogP contribution < -0.4 is 10.6 Å². The number of likely N-dealkylation sites (tertiary alicyclic amines) is 1. The molecule has 3 heterocycles. The monoisotopic (exact) mass is 609 g/mol. The van der Waals surface area contributed by atoms with Gasteiger partial charge in [-0.25, -0.2) is 0 Å². The van der Waals surface area contributed by atoms with E-state index in [1.165, 1.54) is 6.92 Å². The summed E-state index contributed by atoms with van der Waals surface area (Å²) in [6.07, 6.45) is 3.82. The molecule has 3 saturated heterocycles. The average molecular weight is 610 g/mol. The van der Waals surface area contributed by atoms with Crippen molar-refractivity contribution in [2.45, 2.75) is 83.3 Å². The molecule has 0 aliphatic carbocycles. The van der Waals surface area contributed by atoms with Crippen molar-refractivity contribution in [2.75, 3.05) is 44.7 Å². The van der Waals surface area contributed by atoms with Crippen molar-refractivity contribution < 1.29 is 33.6 Å². The summed E-state index contributed by atoms with van der Waals surface area (Å²) in [6, 6.07) is 15.6. The first-order chi connectivity index (χ1) is 21.3. The Morgan fingerprint density at radius 1 is 0.932 bits per heavy atom. The highest BCUT2D eigenvalue weighted by atomic mass is 16.7.